The summed E-state index contributed by atoms with van der Waals surface area (Å²) in [6.07, 6.45) is 7.04. The molecule has 0 radical (unpaired) electrons. The number of amides is 1. The number of carbonyl (C=O) groups excluding carboxylic acids is 1. The Morgan fingerprint density at radius 2 is 1.95 bits per heavy atom. The van der Waals surface area contributed by atoms with Crippen molar-refractivity contribution >= 4 is 58.5 Å². The number of nitrogen functional groups attached to an aromatic ring is 1. The first-order chi connectivity index (χ1) is 20.2. The maximum atomic E-state index is 12.7. The maximum Gasteiger partial charge on any atom is 0.261 e. The number of nitrogens with zero attached hydrogens (tertiary/aromatic N) is 1. The largest absolute Gasteiger partial charge is 0.398 e. The predicted molar refractivity (Wildman–Crippen MR) is 176 cm³/mol. The second-order valence-electron chi connectivity index (χ2n) is 11.6. The number of nitrogens with one attached hydrogen (secondary N) is 2. The van der Waals surface area contributed by atoms with E-state index in [2.05, 4.69) is 29.0 Å². The normalized spacial score (nSPS) is 17.2. The minimum Gasteiger partial charge on any atom is -0.398 e. The average molecular weight is 649 g/mol. The van der Waals surface area contributed by atoms with E-state index in [0.717, 1.165) is 66.9 Å². The first-order valence-corrected chi connectivity index (χ1v) is 17.2. The van der Waals surface area contributed by atoms with E-state index in [1.165, 1.54) is 11.9 Å². The van der Waals surface area contributed by atoms with E-state index < -0.39 is 0 Å². The number of hydrogen-bond donors (Lipinski definition) is 4. The molecule has 1 amide bonds. The molecule has 11 heteroatoms. The Morgan fingerprint density at radius 1 is 1.21 bits per heavy atom. The third kappa shape index (κ3) is 7.98. The third-order valence-electron chi connectivity index (χ3n) is 7.99. The molecule has 3 aromatic rings. The highest BCUT2D eigenvalue weighted by Gasteiger charge is 2.39. The second-order valence-corrected chi connectivity index (χ2v) is 14.9. The lowest BCUT2D eigenvalue weighted by Gasteiger charge is -2.22. The van der Waals surface area contributed by atoms with Gasteiger partial charge in [0.25, 0.3) is 5.91 Å². The molecule has 0 saturated heterocycles. The molecule has 6 N–H and O–H groups in total. The van der Waals surface area contributed by atoms with Gasteiger partial charge in [-0.3, -0.25) is 9.52 Å². The lowest BCUT2D eigenvalue weighted by Crippen LogP contribution is -2.36. The zero-order valence-electron chi connectivity index (χ0n) is 24.1. The Kier molecular flexibility index (Phi) is 10.4. The van der Waals surface area contributed by atoms with Crippen LogP contribution in [0.4, 0.5) is 5.69 Å². The Balaban J connectivity index is 1.25. The van der Waals surface area contributed by atoms with Crippen molar-refractivity contribution in [2.24, 2.45) is 5.73 Å². The Bertz CT molecular complexity index is 1390. The highest BCUT2D eigenvalue weighted by Crippen LogP contribution is 2.47. The number of halogens is 2. The summed E-state index contributed by atoms with van der Waals surface area (Å²) in [5, 5.41) is 9.28. The van der Waals surface area contributed by atoms with Gasteiger partial charge in [0.1, 0.15) is 11.5 Å². The summed E-state index contributed by atoms with van der Waals surface area (Å²) in [6.45, 7) is 4.85. The molecule has 2 atom stereocenters. The lowest BCUT2D eigenvalue weighted by atomic mass is 10.0. The molecule has 7 nitrogen and oxygen atoms in total. The molecule has 2 saturated carbocycles. The van der Waals surface area contributed by atoms with Crippen molar-refractivity contribution in [2.45, 2.75) is 93.0 Å². The van der Waals surface area contributed by atoms with Crippen molar-refractivity contribution < 1.29 is 9.32 Å². The van der Waals surface area contributed by atoms with Gasteiger partial charge in [-0.15, -0.1) is 11.8 Å². The molecular formula is C31H39Cl2N5O2S2. The van der Waals surface area contributed by atoms with Crippen molar-refractivity contribution in [3.05, 3.63) is 63.3 Å². The second kappa shape index (κ2) is 13.8. The summed E-state index contributed by atoms with van der Waals surface area (Å²) < 4.78 is 9.03. The van der Waals surface area contributed by atoms with Crippen molar-refractivity contribution in [2.75, 3.05) is 11.5 Å². The summed E-state index contributed by atoms with van der Waals surface area (Å²) in [5.41, 5.74) is 16.4. The topological polar surface area (TPSA) is 119 Å². The smallest absolute Gasteiger partial charge is 0.261 e. The molecule has 2 aliphatic carbocycles. The predicted octanol–water partition coefficient (Wildman–Crippen LogP) is 7.81. The van der Waals surface area contributed by atoms with Crippen LogP contribution in [-0.2, 0) is 6.54 Å². The zero-order valence-corrected chi connectivity index (χ0v) is 27.2. The molecule has 0 spiro atoms. The Morgan fingerprint density at radius 3 is 2.62 bits per heavy atom. The van der Waals surface area contributed by atoms with Gasteiger partial charge in [0, 0.05) is 56.6 Å². The number of carbonyl (C=O) groups is 1. The minimum absolute atomic E-state index is 0.0817. The number of thioether (sulfide) groups is 1. The molecule has 5 rings (SSSR count). The summed E-state index contributed by atoms with van der Waals surface area (Å²) >= 11 is 16.3. The van der Waals surface area contributed by atoms with Gasteiger partial charge in [-0.1, -0.05) is 41.3 Å². The van der Waals surface area contributed by atoms with Crippen LogP contribution in [-0.4, -0.2) is 33.6 Å². The summed E-state index contributed by atoms with van der Waals surface area (Å²) in [7, 11) is 0. The van der Waals surface area contributed by atoms with E-state index in [9.17, 15) is 4.79 Å². The zero-order chi connectivity index (χ0) is 29.9. The van der Waals surface area contributed by atoms with Gasteiger partial charge in [-0.2, -0.15) is 0 Å². The Hall–Kier alpha value is -1.88. The highest BCUT2D eigenvalue weighted by atomic mass is 35.5. The maximum absolute atomic E-state index is 12.7. The van der Waals surface area contributed by atoms with Gasteiger partial charge >= 0.3 is 0 Å². The summed E-state index contributed by atoms with van der Waals surface area (Å²) in [4.78, 5) is 13.6. The van der Waals surface area contributed by atoms with E-state index in [-0.39, 0.29) is 22.7 Å². The molecule has 1 heterocycles. The minimum atomic E-state index is -0.0851. The van der Waals surface area contributed by atoms with Crippen LogP contribution in [0.5, 0.6) is 0 Å². The molecule has 2 unspecified atom stereocenters. The molecule has 2 fully saturated rings. The lowest BCUT2D eigenvalue weighted by molar-refractivity contribution is 0.0984. The molecule has 1 aromatic heterocycles. The van der Waals surface area contributed by atoms with Crippen LogP contribution >= 0.6 is 46.9 Å². The SMILES string of the molecule is CCC(N)CC(CCSc1cc(C(=O)NSC2(C)CC2)ccc1N)NCc1c(-c2c(Cl)cccc2Cl)noc1C1CC1. The summed E-state index contributed by atoms with van der Waals surface area (Å²) in [6, 6.07) is 11.2. The van der Waals surface area contributed by atoms with E-state index in [0.29, 0.717) is 45.0 Å². The van der Waals surface area contributed by atoms with Crippen LogP contribution in [0.25, 0.3) is 11.3 Å². The van der Waals surface area contributed by atoms with Crippen LogP contribution in [0.15, 0.2) is 45.8 Å². The molecule has 0 aliphatic heterocycles. The molecule has 2 aliphatic rings. The van der Waals surface area contributed by atoms with Gasteiger partial charge < -0.3 is 21.3 Å². The standard InChI is InChI=1S/C31H39Cl2N5O2S2/c1-3-20(34)16-21(11-14-41-26-15-19(9-10-25(26)35)30(39)38-42-31(2)12-13-31)36-17-22-28(37-40-29(22)18-7-8-18)27-23(32)5-4-6-24(27)33/h4-6,9-10,15,18,20-21,36H,3,7-8,11-14,16-17,34-35H2,1-2H3,(H,38,39). The quantitative estimate of drug-likeness (QED) is 0.0749. The van der Waals surface area contributed by atoms with E-state index in [1.807, 2.05) is 30.3 Å². The van der Waals surface area contributed by atoms with E-state index >= 15 is 0 Å². The van der Waals surface area contributed by atoms with Crippen molar-refractivity contribution in [3.63, 3.8) is 0 Å². The van der Waals surface area contributed by atoms with Crippen LogP contribution in [0.1, 0.15) is 86.4 Å². The fourth-order valence-electron chi connectivity index (χ4n) is 4.78. The highest BCUT2D eigenvalue weighted by molar-refractivity contribution is 7.99. The fraction of sp³-hybridized carbons (Fsp3) is 0.484. The van der Waals surface area contributed by atoms with Gasteiger partial charge in [0.05, 0.1) is 10.0 Å². The first kappa shape index (κ1) is 31.5. The van der Waals surface area contributed by atoms with Crippen LogP contribution in [0.3, 0.4) is 0 Å². The number of benzene rings is 2. The molecule has 2 aromatic carbocycles. The summed E-state index contributed by atoms with van der Waals surface area (Å²) in [5.74, 6) is 2.03. The number of rotatable bonds is 15. The molecule has 42 heavy (non-hydrogen) atoms. The van der Waals surface area contributed by atoms with Crippen LogP contribution in [0, 0.1) is 0 Å². The van der Waals surface area contributed by atoms with E-state index in [1.54, 1.807) is 17.8 Å². The van der Waals surface area contributed by atoms with E-state index in [4.69, 9.17) is 39.2 Å². The fourth-order valence-corrected chi connectivity index (χ4v) is 7.19. The van der Waals surface area contributed by atoms with Crippen molar-refractivity contribution in [3.8, 4) is 11.3 Å². The third-order valence-corrected chi connectivity index (χ3v) is 10.9. The molecular weight excluding hydrogens is 609 g/mol. The van der Waals surface area contributed by atoms with Crippen LogP contribution in [0.2, 0.25) is 10.0 Å². The van der Waals surface area contributed by atoms with Gasteiger partial charge in [-0.25, -0.2) is 0 Å². The number of anilines is 1. The van der Waals surface area contributed by atoms with Crippen molar-refractivity contribution in [1.29, 1.82) is 0 Å². The number of aromatic nitrogens is 1. The monoisotopic (exact) mass is 647 g/mol. The average Bonchev–Trinajstić information content (AvgIpc) is 3.90. The number of hydrogen-bond acceptors (Lipinski definition) is 8. The van der Waals surface area contributed by atoms with Gasteiger partial charge in [0.2, 0.25) is 0 Å². The molecule has 226 valence electrons. The Labute approximate surface area is 266 Å². The number of nitrogens with two attached hydrogens (primary N) is 2. The van der Waals surface area contributed by atoms with Gasteiger partial charge in [0.15, 0.2) is 0 Å². The van der Waals surface area contributed by atoms with Crippen molar-refractivity contribution in [1.82, 2.24) is 15.2 Å². The first-order valence-electron chi connectivity index (χ1n) is 14.6. The molecule has 0 bridgehead atoms. The van der Waals surface area contributed by atoms with Crippen LogP contribution < -0.4 is 21.5 Å². The van der Waals surface area contributed by atoms with Gasteiger partial charge in [-0.05, 0) is 99.9 Å².